The molecular formula is C26H25F3N2O2. The number of nitrogens with one attached hydrogen (secondary N) is 1. The van der Waals surface area contributed by atoms with Gasteiger partial charge in [0.2, 0.25) is 0 Å². The molecule has 7 heteroatoms. The molecule has 1 heterocycles. The molecule has 0 aromatic heterocycles. The third-order valence-electron chi connectivity index (χ3n) is 5.79. The molecule has 0 aliphatic carbocycles. The molecule has 0 saturated carbocycles. The molecule has 0 spiro atoms. The van der Waals surface area contributed by atoms with Crippen molar-refractivity contribution in [1.29, 1.82) is 0 Å². The van der Waals surface area contributed by atoms with E-state index in [0.717, 1.165) is 19.0 Å². The van der Waals surface area contributed by atoms with Crippen LogP contribution in [0, 0.1) is 0 Å². The zero-order valence-electron chi connectivity index (χ0n) is 18.0. The highest BCUT2D eigenvalue weighted by Gasteiger charge is 2.34. The van der Waals surface area contributed by atoms with Gasteiger partial charge in [-0.2, -0.15) is 0 Å². The minimum Gasteiger partial charge on any atom is -0.405 e. The van der Waals surface area contributed by atoms with E-state index >= 15 is 0 Å². The summed E-state index contributed by atoms with van der Waals surface area (Å²) in [5.41, 5.74) is 2.40. The number of para-hydroxylation sites is 1. The van der Waals surface area contributed by atoms with Crippen LogP contribution in [0.1, 0.15) is 33.8 Å². The number of carbonyl (C=O) groups excluding carboxylic acids is 1. The molecule has 3 aromatic carbocycles. The minimum absolute atomic E-state index is 0.108. The van der Waals surface area contributed by atoms with E-state index in [1.54, 1.807) is 0 Å². The number of benzene rings is 3. The van der Waals surface area contributed by atoms with E-state index in [2.05, 4.69) is 39.2 Å². The molecule has 4 nitrogen and oxygen atoms in total. The molecule has 1 aliphatic rings. The topological polar surface area (TPSA) is 41.6 Å². The zero-order valence-corrected chi connectivity index (χ0v) is 18.0. The Bertz CT molecular complexity index is 1010. The number of ether oxygens (including phenoxy) is 1. The Kier molecular flexibility index (Phi) is 6.99. The Morgan fingerprint density at radius 1 is 0.909 bits per heavy atom. The number of likely N-dealkylation sites (tertiary alicyclic amines) is 1. The maximum absolute atomic E-state index is 12.6. The molecule has 1 aliphatic heterocycles. The monoisotopic (exact) mass is 454 g/mol. The molecular weight excluding hydrogens is 429 g/mol. The van der Waals surface area contributed by atoms with Crippen LogP contribution >= 0.6 is 0 Å². The van der Waals surface area contributed by atoms with Crippen molar-refractivity contribution in [3.05, 3.63) is 102 Å². The van der Waals surface area contributed by atoms with E-state index in [9.17, 15) is 18.0 Å². The van der Waals surface area contributed by atoms with Crippen molar-refractivity contribution >= 4 is 5.91 Å². The maximum atomic E-state index is 12.6. The van der Waals surface area contributed by atoms with Gasteiger partial charge in [0.1, 0.15) is 5.75 Å². The first-order valence-electron chi connectivity index (χ1n) is 10.9. The van der Waals surface area contributed by atoms with E-state index < -0.39 is 18.0 Å². The van der Waals surface area contributed by atoms with Crippen LogP contribution in [0.3, 0.4) is 0 Å². The second kappa shape index (κ2) is 10.1. The smallest absolute Gasteiger partial charge is 0.405 e. The summed E-state index contributed by atoms with van der Waals surface area (Å²) >= 11 is 0. The van der Waals surface area contributed by atoms with Crippen molar-refractivity contribution in [3.63, 3.8) is 0 Å². The van der Waals surface area contributed by atoms with Crippen molar-refractivity contribution in [3.8, 4) is 5.75 Å². The molecule has 1 N–H and O–H groups in total. The summed E-state index contributed by atoms with van der Waals surface area (Å²) in [4.78, 5) is 14.8. The molecule has 1 saturated heterocycles. The molecule has 1 amide bonds. The summed E-state index contributed by atoms with van der Waals surface area (Å²) in [5.74, 6) is -0.786. The molecule has 0 bridgehead atoms. The number of hydrogen-bond acceptors (Lipinski definition) is 3. The van der Waals surface area contributed by atoms with Crippen molar-refractivity contribution in [2.24, 2.45) is 0 Å². The fourth-order valence-corrected chi connectivity index (χ4v) is 4.18. The molecule has 0 radical (unpaired) electrons. The lowest BCUT2D eigenvalue weighted by atomic mass is 9.88. The van der Waals surface area contributed by atoms with Crippen molar-refractivity contribution < 1.29 is 22.7 Å². The van der Waals surface area contributed by atoms with Crippen LogP contribution in [-0.2, 0) is 0 Å². The standard InChI is InChI=1S/C26H25F3N2O2/c27-26(28,29)33-24-14-8-7-13-23(24)25(32)30-21-17-31(18-21)16-15-22(19-9-3-1-4-10-19)20-11-5-2-6-12-20/h1-14,21-22H,15-18H2,(H,30,32). The first-order valence-corrected chi connectivity index (χ1v) is 10.9. The lowest BCUT2D eigenvalue weighted by molar-refractivity contribution is -0.274. The van der Waals surface area contributed by atoms with Gasteiger partial charge in [0, 0.05) is 19.0 Å². The predicted molar refractivity (Wildman–Crippen MR) is 120 cm³/mol. The zero-order chi connectivity index (χ0) is 23.3. The quantitative estimate of drug-likeness (QED) is 0.507. The Balaban J connectivity index is 1.31. The lowest BCUT2D eigenvalue weighted by Crippen LogP contribution is -2.59. The Labute approximate surface area is 191 Å². The van der Waals surface area contributed by atoms with Crippen LogP contribution in [0.25, 0.3) is 0 Å². The normalized spacial score (nSPS) is 14.7. The summed E-state index contributed by atoms with van der Waals surface area (Å²) in [5, 5.41) is 2.81. The molecule has 1 fully saturated rings. The van der Waals surface area contributed by atoms with Gasteiger partial charge in [-0.05, 0) is 36.2 Å². The van der Waals surface area contributed by atoms with Gasteiger partial charge >= 0.3 is 6.36 Å². The molecule has 0 unspecified atom stereocenters. The highest BCUT2D eigenvalue weighted by atomic mass is 19.4. The highest BCUT2D eigenvalue weighted by Crippen LogP contribution is 2.29. The van der Waals surface area contributed by atoms with Crippen molar-refractivity contribution in [1.82, 2.24) is 10.2 Å². The van der Waals surface area contributed by atoms with Crippen LogP contribution in [-0.4, -0.2) is 42.8 Å². The summed E-state index contributed by atoms with van der Waals surface area (Å²) in [6.07, 6.45) is -3.92. The number of halogens is 3. The molecule has 172 valence electrons. The minimum atomic E-state index is -4.85. The number of rotatable bonds is 8. The van der Waals surface area contributed by atoms with E-state index in [-0.39, 0.29) is 17.5 Å². The summed E-state index contributed by atoms with van der Waals surface area (Å²) < 4.78 is 41.8. The summed E-state index contributed by atoms with van der Waals surface area (Å²) in [6, 6.07) is 26.0. The molecule has 3 aromatic rings. The lowest BCUT2D eigenvalue weighted by Gasteiger charge is -2.40. The number of amides is 1. The Hall–Kier alpha value is -3.32. The molecule has 4 rings (SSSR count). The first kappa shape index (κ1) is 22.9. The summed E-state index contributed by atoms with van der Waals surface area (Å²) in [6.45, 7) is 2.17. The Morgan fingerprint density at radius 3 is 2.03 bits per heavy atom. The number of carbonyl (C=O) groups is 1. The maximum Gasteiger partial charge on any atom is 0.573 e. The average Bonchev–Trinajstić information content (AvgIpc) is 2.78. The Morgan fingerprint density at radius 2 is 1.45 bits per heavy atom. The molecule has 0 atom stereocenters. The second-order valence-corrected chi connectivity index (χ2v) is 8.14. The van der Waals surface area contributed by atoms with Crippen LogP contribution in [0.15, 0.2) is 84.9 Å². The number of alkyl halides is 3. The third kappa shape index (κ3) is 6.14. The predicted octanol–water partition coefficient (Wildman–Crippen LogP) is 5.22. The fourth-order valence-electron chi connectivity index (χ4n) is 4.18. The number of hydrogen-bond donors (Lipinski definition) is 1. The van der Waals surface area contributed by atoms with Gasteiger partial charge in [-0.15, -0.1) is 13.2 Å². The first-order chi connectivity index (χ1) is 15.9. The van der Waals surface area contributed by atoms with Crippen molar-refractivity contribution in [2.45, 2.75) is 24.7 Å². The number of nitrogens with zero attached hydrogens (tertiary/aromatic N) is 1. The van der Waals surface area contributed by atoms with Gasteiger partial charge in [-0.1, -0.05) is 72.8 Å². The molecule has 33 heavy (non-hydrogen) atoms. The second-order valence-electron chi connectivity index (χ2n) is 8.14. The largest absolute Gasteiger partial charge is 0.573 e. The van der Waals surface area contributed by atoms with Crippen LogP contribution in [0.2, 0.25) is 0 Å². The van der Waals surface area contributed by atoms with Gasteiger partial charge in [0.05, 0.1) is 11.6 Å². The van der Waals surface area contributed by atoms with E-state index in [0.29, 0.717) is 13.1 Å². The van der Waals surface area contributed by atoms with Gasteiger partial charge in [-0.3, -0.25) is 9.69 Å². The fraction of sp³-hybridized carbons (Fsp3) is 0.269. The van der Waals surface area contributed by atoms with Gasteiger partial charge in [-0.25, -0.2) is 0 Å². The van der Waals surface area contributed by atoms with Gasteiger partial charge in [0.15, 0.2) is 0 Å². The van der Waals surface area contributed by atoms with Gasteiger partial charge in [0.25, 0.3) is 5.91 Å². The summed E-state index contributed by atoms with van der Waals surface area (Å²) in [7, 11) is 0. The van der Waals surface area contributed by atoms with Crippen LogP contribution < -0.4 is 10.1 Å². The van der Waals surface area contributed by atoms with Crippen molar-refractivity contribution in [2.75, 3.05) is 19.6 Å². The van der Waals surface area contributed by atoms with Crippen LogP contribution in [0.5, 0.6) is 5.75 Å². The average molecular weight is 454 g/mol. The van der Waals surface area contributed by atoms with E-state index in [1.807, 2.05) is 36.4 Å². The van der Waals surface area contributed by atoms with E-state index in [4.69, 9.17) is 0 Å². The third-order valence-corrected chi connectivity index (χ3v) is 5.79. The SMILES string of the molecule is O=C(NC1CN(CCC(c2ccccc2)c2ccccc2)C1)c1ccccc1OC(F)(F)F. The van der Waals surface area contributed by atoms with Gasteiger partial charge < -0.3 is 10.1 Å². The van der Waals surface area contributed by atoms with Crippen LogP contribution in [0.4, 0.5) is 13.2 Å². The van der Waals surface area contributed by atoms with E-state index in [1.165, 1.54) is 29.3 Å². The highest BCUT2D eigenvalue weighted by molar-refractivity contribution is 5.97.